The van der Waals surface area contributed by atoms with Crippen molar-refractivity contribution in [2.45, 2.75) is 45.6 Å². The van der Waals surface area contributed by atoms with Crippen molar-refractivity contribution in [1.29, 1.82) is 0 Å². The lowest BCUT2D eigenvalue weighted by molar-refractivity contribution is -0.275. The summed E-state index contributed by atoms with van der Waals surface area (Å²) < 4.78 is 85.9. The number of carboxylic acid groups (broad SMARTS) is 2. The van der Waals surface area contributed by atoms with Crippen molar-refractivity contribution >= 4 is 68.5 Å². The molecule has 6 aromatic rings. The molecule has 2 aromatic heterocycles. The number of nitrogens with zero attached hydrogens (tertiary/aromatic N) is 2. The minimum atomic E-state index is -4.80. The van der Waals surface area contributed by atoms with Gasteiger partial charge >= 0.3 is 24.7 Å². The number of aliphatic carboxylic acids is 2. The first-order chi connectivity index (χ1) is 25.3. The number of fused-ring (bicyclic) bond motifs is 2. The van der Waals surface area contributed by atoms with Crippen LogP contribution >= 0.6 is 34.8 Å². The van der Waals surface area contributed by atoms with Crippen molar-refractivity contribution in [3.8, 4) is 11.5 Å². The minimum absolute atomic E-state index is 0.0910. The molecule has 0 amide bonds. The number of carboxylic acids is 2. The van der Waals surface area contributed by atoms with Gasteiger partial charge in [-0.2, -0.15) is 0 Å². The molecule has 0 aliphatic heterocycles. The lowest BCUT2D eigenvalue weighted by atomic mass is 10.1. The zero-order chi connectivity index (χ0) is 39.5. The highest BCUT2D eigenvalue weighted by Crippen LogP contribution is 2.36. The second-order valence-electron chi connectivity index (χ2n) is 11.8. The number of aromatic nitrogens is 2. The molecular weight excluding hydrogens is 789 g/mol. The van der Waals surface area contributed by atoms with Crippen molar-refractivity contribution in [3.05, 3.63) is 128 Å². The van der Waals surface area contributed by atoms with Crippen molar-refractivity contribution in [2.24, 2.45) is 0 Å². The fourth-order valence-electron chi connectivity index (χ4n) is 6.05. The van der Waals surface area contributed by atoms with Gasteiger partial charge in [-0.3, -0.25) is 9.59 Å². The Morgan fingerprint density at radius 1 is 0.630 bits per heavy atom. The third kappa shape index (κ3) is 9.73. The van der Waals surface area contributed by atoms with Crippen LogP contribution in [-0.2, 0) is 35.5 Å². The topological polar surface area (TPSA) is 103 Å². The largest absolute Gasteiger partial charge is 0.573 e. The third-order valence-corrected chi connectivity index (χ3v) is 9.13. The van der Waals surface area contributed by atoms with Gasteiger partial charge in [0.15, 0.2) is 0 Å². The highest BCUT2D eigenvalue weighted by atomic mass is 35.5. The van der Waals surface area contributed by atoms with Crippen LogP contribution in [0, 0.1) is 6.92 Å². The molecule has 17 heteroatoms. The number of hydrogen-bond donors (Lipinski definition) is 2. The van der Waals surface area contributed by atoms with Crippen molar-refractivity contribution < 1.29 is 55.6 Å². The molecule has 0 bridgehead atoms. The molecular formula is C37H27Cl3F6N2O6. The Morgan fingerprint density at radius 3 is 1.50 bits per heavy atom. The van der Waals surface area contributed by atoms with Gasteiger partial charge < -0.3 is 28.8 Å². The Kier molecular flexibility index (Phi) is 12.0. The van der Waals surface area contributed by atoms with Gasteiger partial charge in [-0.1, -0.05) is 83.3 Å². The summed E-state index contributed by atoms with van der Waals surface area (Å²) >= 11 is 19.0. The Labute approximate surface area is 317 Å². The van der Waals surface area contributed by atoms with Gasteiger partial charge in [0.05, 0.1) is 33.9 Å². The van der Waals surface area contributed by atoms with E-state index in [0.717, 1.165) is 0 Å². The van der Waals surface area contributed by atoms with Gasteiger partial charge in [0.25, 0.3) is 0 Å². The van der Waals surface area contributed by atoms with Gasteiger partial charge in [-0.25, -0.2) is 0 Å². The standard InChI is InChI=1S/C19H15ClF3NO3.C18H12Cl2F3NO3/c1-11-15(9-17(25)26)14-6-3-7-16(20)18(14)24(11)10-12-4-2-5-13(8-12)27-19(21,22)23;19-14-6-2-5-12-13(8-15(25)26)17(20)24(16(12)14)9-10-3-1-4-11(7-10)27-18(21,22)23/h2-8H,9-10H2,1H3,(H,25,26);1-7H,8-9H2,(H,25,26). The molecule has 2 N–H and O–H groups in total. The molecule has 4 aromatic carbocycles. The predicted octanol–water partition coefficient (Wildman–Crippen LogP) is 10.7. The molecule has 0 radical (unpaired) electrons. The molecule has 6 rings (SSSR count). The van der Waals surface area contributed by atoms with Gasteiger partial charge in [0, 0.05) is 35.1 Å². The number of benzene rings is 4. The third-order valence-electron chi connectivity index (χ3n) is 8.09. The van der Waals surface area contributed by atoms with Crippen molar-refractivity contribution in [2.75, 3.05) is 0 Å². The van der Waals surface area contributed by atoms with Crippen molar-refractivity contribution in [1.82, 2.24) is 9.13 Å². The van der Waals surface area contributed by atoms with Gasteiger partial charge in [-0.15, -0.1) is 26.3 Å². The maximum atomic E-state index is 12.4. The second kappa shape index (κ2) is 16.1. The van der Waals surface area contributed by atoms with Crippen LogP contribution in [0.5, 0.6) is 11.5 Å². The van der Waals surface area contributed by atoms with Crippen LogP contribution in [0.3, 0.4) is 0 Å². The van der Waals surface area contributed by atoms with Crippen LogP contribution in [-0.4, -0.2) is 44.0 Å². The SMILES string of the molecule is Cc1c(CC(=O)O)c2cccc(Cl)c2n1Cc1cccc(OC(F)(F)F)c1.O=C(O)Cc1c(Cl)n(Cc2cccc(OC(F)(F)F)c2)c2c(Cl)cccc12. The number of para-hydroxylation sites is 2. The zero-order valence-corrected chi connectivity index (χ0v) is 30.0. The van der Waals surface area contributed by atoms with Crippen molar-refractivity contribution in [3.63, 3.8) is 0 Å². The maximum Gasteiger partial charge on any atom is 0.573 e. The van der Waals surface area contributed by atoms with E-state index in [1.54, 1.807) is 60.0 Å². The number of halogens is 9. The minimum Gasteiger partial charge on any atom is -0.481 e. The Morgan fingerprint density at radius 2 is 1.04 bits per heavy atom. The molecule has 0 spiro atoms. The first-order valence-corrected chi connectivity index (χ1v) is 16.8. The summed E-state index contributed by atoms with van der Waals surface area (Å²) in [6, 6.07) is 21.3. The molecule has 8 nitrogen and oxygen atoms in total. The Bertz CT molecular complexity index is 2190. The van der Waals surface area contributed by atoms with E-state index >= 15 is 0 Å². The first-order valence-electron chi connectivity index (χ1n) is 15.7. The number of ether oxygens (including phenoxy) is 2. The van der Waals surface area contributed by atoms with E-state index in [1.165, 1.54) is 36.4 Å². The van der Waals surface area contributed by atoms with E-state index in [4.69, 9.17) is 39.9 Å². The van der Waals surface area contributed by atoms with Crippen LogP contribution in [0.2, 0.25) is 15.2 Å². The molecule has 0 unspecified atom stereocenters. The summed E-state index contributed by atoms with van der Waals surface area (Å²) in [5.74, 6) is -2.70. The number of hydrogen-bond acceptors (Lipinski definition) is 4. The van der Waals surface area contributed by atoms with E-state index < -0.39 is 24.7 Å². The molecule has 284 valence electrons. The maximum absolute atomic E-state index is 12.4. The Balaban J connectivity index is 0.000000208. The summed E-state index contributed by atoms with van der Waals surface area (Å²) in [6.07, 6.45) is -10.0. The van der Waals surface area contributed by atoms with E-state index in [9.17, 15) is 41.0 Å². The number of alkyl halides is 6. The lowest BCUT2D eigenvalue weighted by Crippen LogP contribution is -2.17. The summed E-state index contributed by atoms with van der Waals surface area (Å²) in [7, 11) is 0. The normalized spacial score (nSPS) is 11.7. The molecule has 0 atom stereocenters. The zero-order valence-electron chi connectivity index (χ0n) is 27.7. The molecule has 0 aliphatic carbocycles. The summed E-state index contributed by atoms with van der Waals surface area (Å²) in [5.41, 5.74) is 3.93. The number of rotatable bonds is 10. The highest BCUT2D eigenvalue weighted by Gasteiger charge is 2.32. The van der Waals surface area contributed by atoms with Gasteiger partial charge in [-0.05, 0) is 60.0 Å². The summed E-state index contributed by atoms with van der Waals surface area (Å²) in [5, 5.41) is 20.6. The fourth-order valence-corrected chi connectivity index (χ4v) is 6.92. The fraction of sp³-hybridized carbons (Fsp3) is 0.189. The quantitative estimate of drug-likeness (QED) is 0.134. The first kappa shape index (κ1) is 40.1. The average Bonchev–Trinajstić information content (AvgIpc) is 3.46. The molecule has 0 aliphatic rings. The van der Waals surface area contributed by atoms with Gasteiger partial charge in [0.1, 0.15) is 16.7 Å². The van der Waals surface area contributed by atoms with E-state index in [1.807, 2.05) is 4.57 Å². The van der Waals surface area contributed by atoms with E-state index in [0.29, 0.717) is 59.8 Å². The predicted molar refractivity (Wildman–Crippen MR) is 191 cm³/mol. The molecule has 54 heavy (non-hydrogen) atoms. The monoisotopic (exact) mass is 814 g/mol. The molecule has 0 fully saturated rings. The van der Waals surface area contributed by atoms with Crippen LogP contribution < -0.4 is 9.47 Å². The van der Waals surface area contributed by atoms with E-state index in [-0.39, 0.29) is 42.6 Å². The summed E-state index contributed by atoms with van der Waals surface area (Å²) in [4.78, 5) is 22.4. The molecule has 0 saturated carbocycles. The molecule has 2 heterocycles. The lowest BCUT2D eigenvalue weighted by Gasteiger charge is -2.13. The molecule has 0 saturated heterocycles. The van der Waals surface area contributed by atoms with Crippen LogP contribution in [0.15, 0.2) is 84.9 Å². The average molecular weight is 816 g/mol. The summed E-state index contributed by atoms with van der Waals surface area (Å²) in [6.45, 7) is 2.08. The Hall–Kier alpha value is -5.05. The van der Waals surface area contributed by atoms with Crippen LogP contribution in [0.25, 0.3) is 21.8 Å². The highest BCUT2D eigenvalue weighted by molar-refractivity contribution is 6.37. The van der Waals surface area contributed by atoms with Crippen LogP contribution in [0.4, 0.5) is 26.3 Å². The number of carbonyl (C=O) groups is 2. The second-order valence-corrected chi connectivity index (χ2v) is 13.0. The van der Waals surface area contributed by atoms with Crippen LogP contribution in [0.1, 0.15) is 27.9 Å². The van der Waals surface area contributed by atoms with Gasteiger partial charge in [0.2, 0.25) is 0 Å². The van der Waals surface area contributed by atoms with E-state index in [2.05, 4.69) is 9.47 Å². The smallest absolute Gasteiger partial charge is 0.481 e.